The summed E-state index contributed by atoms with van der Waals surface area (Å²) in [5.41, 5.74) is 2.17. The molecule has 0 saturated carbocycles. The third-order valence-corrected chi connectivity index (χ3v) is 2.40. The van der Waals surface area contributed by atoms with Crippen LogP contribution in [0.5, 0.6) is 11.5 Å². The molecule has 2 aromatic rings. The van der Waals surface area contributed by atoms with Crippen molar-refractivity contribution in [2.75, 3.05) is 14.2 Å². The largest absolute Gasteiger partial charge is 0.338 e. The highest BCUT2D eigenvalue weighted by atomic mass is 17.2. The zero-order valence-corrected chi connectivity index (χ0v) is 10.3. The van der Waals surface area contributed by atoms with Crippen molar-refractivity contribution in [1.82, 2.24) is 0 Å². The average Bonchev–Trinajstić information content (AvgIpc) is 2.41. The van der Waals surface area contributed by atoms with Crippen LogP contribution in [0.1, 0.15) is 0 Å². The standard InChI is InChI=1S/C14H14O4/c1-15-17-13-7-3-11(4-8-13)12-5-9-14(10-6-12)18-16-2/h3-10H,1-2H3. The maximum Gasteiger partial charge on any atom is 0.165 e. The zero-order valence-electron chi connectivity index (χ0n) is 10.3. The molecule has 0 aromatic heterocycles. The van der Waals surface area contributed by atoms with Crippen molar-refractivity contribution in [3.8, 4) is 22.6 Å². The molecule has 0 atom stereocenters. The normalized spacial score (nSPS) is 10.1. The van der Waals surface area contributed by atoms with Crippen LogP contribution < -0.4 is 9.78 Å². The second-order valence-corrected chi connectivity index (χ2v) is 3.55. The summed E-state index contributed by atoms with van der Waals surface area (Å²) < 4.78 is 0. The molecule has 94 valence electrons. The fourth-order valence-corrected chi connectivity index (χ4v) is 1.60. The Kier molecular flexibility index (Phi) is 4.17. The van der Waals surface area contributed by atoms with Crippen molar-refractivity contribution >= 4 is 0 Å². The van der Waals surface area contributed by atoms with E-state index in [-0.39, 0.29) is 0 Å². The molecule has 0 spiro atoms. The lowest BCUT2D eigenvalue weighted by atomic mass is 10.1. The Morgan fingerprint density at radius 3 is 1.17 bits per heavy atom. The van der Waals surface area contributed by atoms with E-state index < -0.39 is 0 Å². The van der Waals surface area contributed by atoms with Gasteiger partial charge in [0.15, 0.2) is 11.5 Å². The Morgan fingerprint density at radius 2 is 0.889 bits per heavy atom. The number of benzene rings is 2. The molecule has 4 heteroatoms. The van der Waals surface area contributed by atoms with E-state index in [4.69, 9.17) is 9.78 Å². The minimum atomic E-state index is 0.667. The minimum Gasteiger partial charge on any atom is -0.338 e. The summed E-state index contributed by atoms with van der Waals surface area (Å²) in [5.74, 6) is 1.33. The van der Waals surface area contributed by atoms with Crippen molar-refractivity contribution < 1.29 is 19.6 Å². The van der Waals surface area contributed by atoms with Crippen LogP contribution in [0.25, 0.3) is 11.1 Å². The van der Waals surface area contributed by atoms with E-state index in [9.17, 15) is 0 Å². The number of hydrogen-bond acceptors (Lipinski definition) is 4. The van der Waals surface area contributed by atoms with Crippen molar-refractivity contribution in [3.63, 3.8) is 0 Å². The van der Waals surface area contributed by atoms with E-state index >= 15 is 0 Å². The Bertz CT molecular complexity index is 429. The Hall–Kier alpha value is -2.04. The molecule has 0 amide bonds. The van der Waals surface area contributed by atoms with Crippen LogP contribution in [0, 0.1) is 0 Å². The van der Waals surface area contributed by atoms with E-state index in [0.717, 1.165) is 11.1 Å². The van der Waals surface area contributed by atoms with Gasteiger partial charge in [0.1, 0.15) is 0 Å². The molecule has 0 N–H and O–H groups in total. The van der Waals surface area contributed by atoms with Crippen LogP contribution in [0.3, 0.4) is 0 Å². The molecule has 0 unspecified atom stereocenters. The molecule has 0 aliphatic rings. The lowest BCUT2D eigenvalue weighted by molar-refractivity contribution is -0.178. The van der Waals surface area contributed by atoms with Gasteiger partial charge >= 0.3 is 0 Å². The van der Waals surface area contributed by atoms with Gasteiger partial charge in [0.25, 0.3) is 0 Å². The van der Waals surface area contributed by atoms with Gasteiger partial charge in [-0.1, -0.05) is 24.3 Å². The molecule has 0 aliphatic carbocycles. The second-order valence-electron chi connectivity index (χ2n) is 3.55. The first kappa shape index (κ1) is 12.4. The first-order chi connectivity index (χ1) is 8.83. The van der Waals surface area contributed by atoms with Crippen LogP contribution in [0.4, 0.5) is 0 Å². The predicted molar refractivity (Wildman–Crippen MR) is 67.2 cm³/mol. The van der Waals surface area contributed by atoms with Gasteiger partial charge in [0, 0.05) is 0 Å². The van der Waals surface area contributed by atoms with Crippen molar-refractivity contribution in [3.05, 3.63) is 48.5 Å². The van der Waals surface area contributed by atoms with E-state index in [1.807, 2.05) is 48.5 Å². The third kappa shape index (κ3) is 3.00. The third-order valence-electron chi connectivity index (χ3n) is 2.40. The van der Waals surface area contributed by atoms with Gasteiger partial charge < -0.3 is 9.78 Å². The molecule has 0 radical (unpaired) electrons. The molecular weight excluding hydrogens is 232 g/mol. The van der Waals surface area contributed by atoms with E-state index in [0.29, 0.717) is 11.5 Å². The summed E-state index contributed by atoms with van der Waals surface area (Å²) in [7, 11) is 2.95. The van der Waals surface area contributed by atoms with Crippen LogP contribution >= 0.6 is 0 Å². The zero-order chi connectivity index (χ0) is 12.8. The van der Waals surface area contributed by atoms with Gasteiger partial charge in [-0.2, -0.15) is 9.78 Å². The summed E-state index contributed by atoms with van der Waals surface area (Å²) in [5, 5.41) is 0. The molecule has 4 nitrogen and oxygen atoms in total. The quantitative estimate of drug-likeness (QED) is 0.599. The van der Waals surface area contributed by atoms with Gasteiger partial charge in [-0.3, -0.25) is 0 Å². The maximum absolute atomic E-state index is 4.91. The topological polar surface area (TPSA) is 36.9 Å². The molecule has 18 heavy (non-hydrogen) atoms. The van der Waals surface area contributed by atoms with Gasteiger partial charge in [0.05, 0.1) is 14.2 Å². The highest BCUT2D eigenvalue weighted by Crippen LogP contribution is 2.24. The Morgan fingerprint density at radius 1 is 0.556 bits per heavy atom. The molecule has 0 saturated heterocycles. The molecule has 2 rings (SSSR count). The molecule has 0 aliphatic heterocycles. The maximum atomic E-state index is 4.91. The summed E-state index contributed by atoms with van der Waals surface area (Å²) >= 11 is 0. The lowest BCUT2D eigenvalue weighted by Gasteiger charge is -2.05. The molecule has 0 bridgehead atoms. The SMILES string of the molecule is COOc1ccc(-c2ccc(OOC)cc2)cc1. The molecule has 0 heterocycles. The lowest BCUT2D eigenvalue weighted by Crippen LogP contribution is -1.90. The summed E-state index contributed by atoms with van der Waals surface area (Å²) in [6.45, 7) is 0. The number of rotatable bonds is 5. The van der Waals surface area contributed by atoms with Crippen molar-refractivity contribution in [1.29, 1.82) is 0 Å². The van der Waals surface area contributed by atoms with Crippen molar-refractivity contribution in [2.24, 2.45) is 0 Å². The number of hydrogen-bond donors (Lipinski definition) is 0. The van der Waals surface area contributed by atoms with Crippen LogP contribution in [0.2, 0.25) is 0 Å². The fourth-order valence-electron chi connectivity index (χ4n) is 1.60. The summed E-state index contributed by atoms with van der Waals surface area (Å²) in [6, 6.07) is 15.2. The van der Waals surface area contributed by atoms with Crippen LogP contribution in [0.15, 0.2) is 48.5 Å². The first-order valence-corrected chi connectivity index (χ1v) is 5.45. The van der Waals surface area contributed by atoms with Gasteiger partial charge in [-0.05, 0) is 35.4 Å². The molecular formula is C14H14O4. The second kappa shape index (κ2) is 6.05. The average molecular weight is 246 g/mol. The van der Waals surface area contributed by atoms with E-state index in [2.05, 4.69) is 9.78 Å². The molecule has 2 aromatic carbocycles. The van der Waals surface area contributed by atoms with Gasteiger partial charge in [-0.15, -0.1) is 0 Å². The van der Waals surface area contributed by atoms with Gasteiger partial charge in [0.2, 0.25) is 0 Å². The van der Waals surface area contributed by atoms with Crippen molar-refractivity contribution in [2.45, 2.75) is 0 Å². The van der Waals surface area contributed by atoms with Crippen LogP contribution in [-0.4, -0.2) is 14.2 Å². The minimum absolute atomic E-state index is 0.667. The fraction of sp³-hybridized carbons (Fsp3) is 0.143. The van der Waals surface area contributed by atoms with E-state index in [1.165, 1.54) is 14.2 Å². The highest BCUT2D eigenvalue weighted by molar-refractivity contribution is 5.64. The monoisotopic (exact) mass is 246 g/mol. The Labute approximate surface area is 106 Å². The predicted octanol–water partition coefficient (Wildman–Crippen LogP) is 3.23. The smallest absolute Gasteiger partial charge is 0.165 e. The summed E-state index contributed by atoms with van der Waals surface area (Å²) in [4.78, 5) is 19.0. The van der Waals surface area contributed by atoms with Crippen LogP contribution in [-0.2, 0) is 9.78 Å². The van der Waals surface area contributed by atoms with E-state index in [1.54, 1.807) is 0 Å². The Balaban J connectivity index is 2.15. The highest BCUT2D eigenvalue weighted by Gasteiger charge is 2.00. The summed E-state index contributed by atoms with van der Waals surface area (Å²) in [6.07, 6.45) is 0. The molecule has 0 fully saturated rings. The first-order valence-electron chi connectivity index (χ1n) is 5.45. The van der Waals surface area contributed by atoms with Gasteiger partial charge in [-0.25, -0.2) is 0 Å².